The molecule has 0 amide bonds. The zero-order valence-corrected chi connectivity index (χ0v) is 59.8. The van der Waals surface area contributed by atoms with Crippen LogP contribution in [0.15, 0.2) is 0 Å². The van der Waals surface area contributed by atoms with Gasteiger partial charge in [-0.1, -0.05) is 55.4 Å². The molecule has 0 rings (SSSR count). The average molecular weight is 1190 g/mol. The fraction of sp³-hybridized carbons (Fsp3) is 0.962. The van der Waals surface area contributed by atoms with E-state index in [0.717, 1.165) is 0 Å². The first kappa shape index (κ1) is 85.4. The molecule has 0 heterocycles. The molecular formula is C52H122Ba2N12-2. The zero-order chi connectivity index (χ0) is 49.9. The second kappa shape index (κ2) is 47.4. The van der Waals surface area contributed by atoms with Crippen molar-refractivity contribution in [3.63, 3.8) is 0 Å². The number of hydrogen-bond donors (Lipinski definition) is 4. The van der Waals surface area contributed by atoms with Crippen LogP contribution in [0.3, 0.4) is 0 Å². The first-order valence-electron chi connectivity index (χ1n) is 25.0. The minimum absolute atomic E-state index is 0. The van der Waals surface area contributed by atoms with E-state index in [4.69, 9.17) is 21.3 Å². The van der Waals surface area contributed by atoms with Crippen LogP contribution in [-0.2, 0) is 0 Å². The molecule has 0 fully saturated rings. The molecule has 0 aliphatic heterocycles. The van der Waals surface area contributed by atoms with Crippen LogP contribution in [0.1, 0.15) is 208 Å². The minimum atomic E-state index is -0.000000000000000444. The zero-order valence-electron chi connectivity index (χ0n) is 51.0. The van der Waals surface area contributed by atoms with E-state index < -0.39 is 0 Å². The maximum atomic E-state index is 4.72. The molecule has 4 N–H and O–H groups in total. The summed E-state index contributed by atoms with van der Waals surface area (Å²) in [5.74, 6) is 0. The van der Waals surface area contributed by atoms with Gasteiger partial charge in [-0.3, -0.25) is 31.1 Å². The van der Waals surface area contributed by atoms with Gasteiger partial charge in [0.2, 0.25) is 0 Å². The number of rotatable bonds is 27. The Morgan fingerprint density at radius 1 is 0.273 bits per heavy atom. The van der Waals surface area contributed by atoms with Crippen LogP contribution in [0.2, 0.25) is 0 Å². The molecule has 0 saturated heterocycles. The van der Waals surface area contributed by atoms with Crippen LogP contribution >= 0.6 is 0 Å². The molecule has 66 heavy (non-hydrogen) atoms. The van der Waals surface area contributed by atoms with E-state index in [0.29, 0.717) is 90.6 Å². The van der Waals surface area contributed by atoms with E-state index in [1.807, 2.05) is 0 Å². The van der Waals surface area contributed by atoms with Crippen molar-refractivity contribution in [3.05, 3.63) is 36.1 Å². The van der Waals surface area contributed by atoms with Gasteiger partial charge in [-0.25, -0.2) is 0 Å². The molecular weight excluding hydrogens is 1070 g/mol. The molecule has 0 radical (unpaired) electrons. The molecule has 0 unspecified atom stereocenters. The van der Waals surface area contributed by atoms with E-state index >= 15 is 0 Å². The van der Waals surface area contributed by atoms with Crippen molar-refractivity contribution in [2.75, 3.05) is 7.05 Å². The summed E-state index contributed by atoms with van der Waals surface area (Å²) in [6.07, 6.45) is 0.509. The first-order valence-corrected chi connectivity index (χ1v) is 25.0. The summed E-state index contributed by atoms with van der Waals surface area (Å²) in [4.78, 5) is 9.50. The first-order chi connectivity index (χ1) is 28.1. The number of hydrogen-bond acceptors (Lipinski definition) is 8. The van der Waals surface area contributed by atoms with Crippen LogP contribution in [0.25, 0.3) is 21.3 Å². The fourth-order valence-corrected chi connectivity index (χ4v) is 6.97. The topological polar surface area (TPSA) is 117 Å². The molecule has 0 aromatic rings. The van der Waals surface area contributed by atoms with Crippen molar-refractivity contribution in [2.45, 2.75) is 323 Å². The second-order valence-electron chi connectivity index (χ2n) is 21.4. The molecule has 0 aliphatic carbocycles. The van der Waals surface area contributed by atoms with Gasteiger partial charge in [0.05, 0.1) is 0 Å². The normalized spacial score (nSPS) is 12.3. The van der Waals surface area contributed by atoms with Crippen molar-refractivity contribution < 1.29 is 0 Å². The summed E-state index contributed by atoms with van der Waals surface area (Å²) < 4.78 is 0. The van der Waals surface area contributed by atoms with Crippen LogP contribution < -0.4 is 21.3 Å². The van der Waals surface area contributed by atoms with Crippen molar-refractivity contribution >= 4 is 97.8 Å². The van der Waals surface area contributed by atoms with E-state index in [1.54, 1.807) is 0 Å². The van der Waals surface area contributed by atoms with Crippen LogP contribution in [-0.4, -0.2) is 240 Å². The minimum Gasteiger partial charge on any atom is -0.663 e. The summed E-state index contributed by atoms with van der Waals surface area (Å²) in [5.41, 5.74) is 0. The van der Waals surface area contributed by atoms with Gasteiger partial charge in [0.15, 0.2) is 0 Å². The molecule has 14 heteroatoms. The van der Waals surface area contributed by atoms with Crippen molar-refractivity contribution in [1.82, 2.24) is 40.9 Å². The summed E-state index contributed by atoms with van der Waals surface area (Å²) in [6.45, 7) is 65.4. The smallest absolute Gasteiger partial charge is 0.663 e. The molecule has 396 valence electrons. The summed E-state index contributed by atoms with van der Waals surface area (Å²) >= 11 is 0. The summed E-state index contributed by atoms with van der Waals surface area (Å²) in [5, 5.41) is 33.1. The van der Waals surface area contributed by atoms with Crippen LogP contribution in [0, 0.1) is 14.9 Å². The third-order valence-corrected chi connectivity index (χ3v) is 9.32. The Morgan fingerprint density at radius 2 is 0.455 bits per heavy atom. The van der Waals surface area contributed by atoms with E-state index in [-0.39, 0.29) is 138 Å². The maximum Gasteiger partial charge on any atom is 2.00 e. The maximum absolute atomic E-state index is 4.72. The number of nitrogens with one attached hydrogen (secondary N) is 4. The summed E-state index contributed by atoms with van der Waals surface area (Å²) in [7, 11) is 2.14. The van der Waals surface area contributed by atoms with Gasteiger partial charge < -0.3 is 45.9 Å². The molecule has 0 aliphatic rings. The van der Waals surface area contributed by atoms with E-state index in [9.17, 15) is 0 Å². The van der Waals surface area contributed by atoms with Gasteiger partial charge in [0, 0.05) is 66.5 Å². The van der Waals surface area contributed by atoms with Crippen LogP contribution in [0.5, 0.6) is 0 Å². The Hall–Kier alpha value is 2.66. The predicted molar refractivity (Wildman–Crippen MR) is 306 cm³/mol. The SMILES string of the molecule is CC(C)NC(NC(C)C)N(C(C)C)C(C)C.CC(C)NC(NC(C)C)N(C)C(C)C.CC(C)[N-]C([N-]C(C)C)N(C(C)C)C(C)C.CC(C)[N-]C([N-]C(C)C)N(C(C)C)C(C)C.[Ba+2].[Ba+2].[CH3-].[CH3-]. The van der Waals surface area contributed by atoms with Crippen molar-refractivity contribution in [2.24, 2.45) is 0 Å². The average Bonchev–Trinajstić information content (AvgIpc) is 3.01. The predicted octanol–water partition coefficient (Wildman–Crippen LogP) is 12.0. The fourth-order valence-electron chi connectivity index (χ4n) is 6.97. The van der Waals surface area contributed by atoms with Crippen molar-refractivity contribution in [1.29, 1.82) is 0 Å². The van der Waals surface area contributed by atoms with E-state index in [1.165, 1.54) is 0 Å². The van der Waals surface area contributed by atoms with Gasteiger partial charge in [-0.15, -0.1) is 24.2 Å². The van der Waals surface area contributed by atoms with E-state index in [2.05, 4.69) is 256 Å². The Balaban J connectivity index is -0.000000111. The third kappa shape index (κ3) is 46.4. The molecule has 0 saturated carbocycles. The molecule has 12 nitrogen and oxygen atoms in total. The van der Waals surface area contributed by atoms with Crippen LogP contribution in [0.4, 0.5) is 0 Å². The Bertz CT molecular complexity index is 833. The monoisotopic (exact) mass is 1190 g/mol. The van der Waals surface area contributed by atoms with Gasteiger partial charge in [-0.05, 0) is 159 Å². The molecule has 0 atom stereocenters. The Morgan fingerprint density at radius 3 is 0.591 bits per heavy atom. The van der Waals surface area contributed by atoms with Gasteiger partial charge >= 0.3 is 97.8 Å². The largest absolute Gasteiger partial charge is 2.00 e. The third-order valence-electron chi connectivity index (χ3n) is 9.32. The van der Waals surface area contributed by atoms with Gasteiger partial charge in [-0.2, -0.15) is 12.6 Å². The Kier molecular flexibility index (Phi) is 61.3. The molecule has 0 aromatic carbocycles. The second-order valence-corrected chi connectivity index (χ2v) is 21.4. The molecule has 0 spiro atoms. The summed E-state index contributed by atoms with van der Waals surface area (Å²) in [6, 6.07) is 6.73. The van der Waals surface area contributed by atoms with Gasteiger partial charge in [0.1, 0.15) is 12.6 Å². The number of nitrogens with zero attached hydrogens (tertiary/aromatic N) is 8. The Labute approximate surface area is 499 Å². The quantitative estimate of drug-likeness (QED) is 0.0365. The molecule has 0 bridgehead atoms. The standard InChI is InChI=1S/C13H31N3.2C13H29N3.C11H27N3.2CH3.2Ba/c3*1-9(2)14-13(15-10(3)4)16(11(5)6)12(7)8;1-8(2)12-11(13-9(3)4)14(7)10(5)6;;;;/h9-15H,1-8H3;2*9-13H,1-8H3;8-13H,1-7H3;2*1H3;;/q;2*-2;;2*-1;2*+2. The molecule has 0 aromatic heterocycles. The van der Waals surface area contributed by atoms with Crippen molar-refractivity contribution in [3.8, 4) is 0 Å². The van der Waals surface area contributed by atoms with Gasteiger partial charge in [0.25, 0.3) is 0 Å².